The van der Waals surface area contributed by atoms with Gasteiger partial charge in [-0.1, -0.05) is 41.1 Å². The number of nitrogens with zero attached hydrogens (tertiary/aromatic N) is 2. The first kappa shape index (κ1) is 21.3. The third-order valence-electron chi connectivity index (χ3n) is 5.77. The molecule has 1 unspecified atom stereocenters. The summed E-state index contributed by atoms with van der Waals surface area (Å²) in [5.74, 6) is -1.00. The molecular weight excluding hydrogens is 466 g/mol. The Labute approximate surface area is 197 Å². The van der Waals surface area contributed by atoms with Gasteiger partial charge in [-0.2, -0.15) is 0 Å². The Kier molecular flexibility index (Phi) is 5.86. The van der Waals surface area contributed by atoms with Crippen molar-refractivity contribution in [1.29, 1.82) is 0 Å². The first-order valence-corrected chi connectivity index (χ1v) is 12.3. The van der Waals surface area contributed by atoms with Crippen LogP contribution in [0.4, 0.5) is 5.13 Å². The lowest BCUT2D eigenvalue weighted by Gasteiger charge is -2.23. The number of carbonyl (C=O) groups is 2. The van der Waals surface area contributed by atoms with Crippen LogP contribution in [-0.4, -0.2) is 46.0 Å². The van der Waals surface area contributed by atoms with E-state index in [0.717, 1.165) is 45.3 Å². The minimum atomic E-state index is -0.889. The van der Waals surface area contributed by atoms with Crippen LogP contribution < -0.4 is 5.32 Å². The normalized spacial score (nSPS) is 16.7. The zero-order chi connectivity index (χ0) is 22.2. The van der Waals surface area contributed by atoms with Crippen molar-refractivity contribution in [1.82, 2.24) is 9.88 Å². The Hall–Kier alpha value is -2.52. The van der Waals surface area contributed by atoms with Gasteiger partial charge in [0.2, 0.25) is 5.91 Å². The number of likely N-dealkylation sites (tertiary alicyclic amines) is 1. The van der Waals surface area contributed by atoms with Crippen LogP contribution in [0.15, 0.2) is 42.5 Å². The Bertz CT molecular complexity index is 1330. The lowest BCUT2D eigenvalue weighted by Crippen LogP contribution is -2.38. The largest absolute Gasteiger partial charge is 0.477 e. The molecule has 0 spiro atoms. The van der Waals surface area contributed by atoms with E-state index in [9.17, 15) is 14.7 Å². The molecule has 1 saturated heterocycles. The van der Waals surface area contributed by atoms with E-state index in [0.29, 0.717) is 21.5 Å². The first-order valence-electron chi connectivity index (χ1n) is 10.3. The SMILES string of the molecule is O=C(CN1CCCC1Cc1c(C(=O)O)sc2ccccc12)Nc1nc2ccc(Cl)cc2s1. The average Bonchev–Trinajstić information content (AvgIpc) is 3.45. The van der Waals surface area contributed by atoms with Gasteiger partial charge in [0.25, 0.3) is 0 Å². The van der Waals surface area contributed by atoms with Gasteiger partial charge < -0.3 is 10.4 Å². The summed E-state index contributed by atoms with van der Waals surface area (Å²) in [4.78, 5) is 31.6. The third-order valence-corrected chi connectivity index (χ3v) is 8.14. The summed E-state index contributed by atoms with van der Waals surface area (Å²) in [6.07, 6.45) is 2.55. The molecule has 1 aliphatic heterocycles. The molecule has 6 nitrogen and oxygen atoms in total. The molecule has 5 rings (SSSR count). The van der Waals surface area contributed by atoms with Crippen molar-refractivity contribution in [3.8, 4) is 0 Å². The lowest BCUT2D eigenvalue weighted by atomic mass is 10.0. The molecule has 1 amide bonds. The molecule has 9 heteroatoms. The van der Waals surface area contributed by atoms with Gasteiger partial charge in [-0.3, -0.25) is 9.69 Å². The molecule has 3 heterocycles. The smallest absolute Gasteiger partial charge is 0.346 e. The van der Waals surface area contributed by atoms with Crippen LogP contribution in [0.1, 0.15) is 28.1 Å². The highest BCUT2D eigenvalue weighted by molar-refractivity contribution is 7.22. The number of aromatic carboxylic acids is 1. The van der Waals surface area contributed by atoms with Crippen molar-refractivity contribution in [3.63, 3.8) is 0 Å². The highest BCUT2D eigenvalue weighted by Gasteiger charge is 2.29. The molecule has 164 valence electrons. The van der Waals surface area contributed by atoms with E-state index in [1.807, 2.05) is 36.4 Å². The van der Waals surface area contributed by atoms with Crippen LogP contribution in [0.5, 0.6) is 0 Å². The summed E-state index contributed by atoms with van der Waals surface area (Å²) in [7, 11) is 0. The van der Waals surface area contributed by atoms with Gasteiger partial charge in [0.1, 0.15) is 4.88 Å². The lowest BCUT2D eigenvalue weighted by molar-refractivity contribution is -0.117. The van der Waals surface area contributed by atoms with E-state index < -0.39 is 5.97 Å². The van der Waals surface area contributed by atoms with Crippen LogP contribution in [0, 0.1) is 0 Å². The molecule has 2 aromatic heterocycles. The average molecular weight is 486 g/mol. The summed E-state index contributed by atoms with van der Waals surface area (Å²) in [6, 6.07) is 13.4. The first-order chi connectivity index (χ1) is 15.5. The number of nitrogens with one attached hydrogen (secondary N) is 1. The highest BCUT2D eigenvalue weighted by atomic mass is 35.5. The maximum Gasteiger partial charge on any atom is 0.346 e. The number of rotatable bonds is 6. The number of hydrogen-bond donors (Lipinski definition) is 2. The van der Waals surface area contributed by atoms with Crippen LogP contribution in [0.2, 0.25) is 5.02 Å². The maximum atomic E-state index is 12.7. The maximum absolute atomic E-state index is 12.7. The van der Waals surface area contributed by atoms with E-state index in [4.69, 9.17) is 11.6 Å². The molecule has 1 fully saturated rings. The summed E-state index contributed by atoms with van der Waals surface area (Å²) >= 11 is 8.76. The number of thiazole rings is 1. The Morgan fingerprint density at radius 2 is 2.03 bits per heavy atom. The number of anilines is 1. The van der Waals surface area contributed by atoms with Crippen LogP contribution in [0.3, 0.4) is 0 Å². The molecule has 0 aliphatic carbocycles. The summed E-state index contributed by atoms with van der Waals surface area (Å²) in [6.45, 7) is 1.07. The van der Waals surface area contributed by atoms with Gasteiger partial charge in [-0.25, -0.2) is 9.78 Å². The molecule has 2 aromatic carbocycles. The summed E-state index contributed by atoms with van der Waals surface area (Å²) in [5, 5.41) is 14.8. The summed E-state index contributed by atoms with van der Waals surface area (Å²) in [5.41, 5.74) is 1.68. The van der Waals surface area contributed by atoms with E-state index in [-0.39, 0.29) is 18.5 Å². The number of aromatic nitrogens is 1. The second kappa shape index (κ2) is 8.78. The Morgan fingerprint density at radius 3 is 2.88 bits per heavy atom. The molecule has 0 bridgehead atoms. The number of hydrogen-bond acceptors (Lipinski definition) is 6. The predicted molar refractivity (Wildman–Crippen MR) is 130 cm³/mol. The minimum Gasteiger partial charge on any atom is -0.477 e. The van der Waals surface area contributed by atoms with Gasteiger partial charge in [-0.15, -0.1) is 11.3 Å². The number of thiophene rings is 1. The Morgan fingerprint density at radius 1 is 1.19 bits per heavy atom. The second-order valence-corrected chi connectivity index (χ2v) is 10.4. The number of halogens is 1. The number of amides is 1. The van der Waals surface area contributed by atoms with E-state index in [1.165, 1.54) is 22.7 Å². The number of fused-ring (bicyclic) bond motifs is 2. The molecule has 0 saturated carbocycles. The summed E-state index contributed by atoms with van der Waals surface area (Å²) < 4.78 is 1.91. The van der Waals surface area contributed by atoms with E-state index in [2.05, 4.69) is 15.2 Å². The van der Waals surface area contributed by atoms with Gasteiger partial charge in [0.15, 0.2) is 5.13 Å². The number of carbonyl (C=O) groups excluding carboxylic acids is 1. The fourth-order valence-electron chi connectivity index (χ4n) is 4.34. The molecule has 1 atom stereocenters. The van der Waals surface area contributed by atoms with Gasteiger partial charge >= 0.3 is 5.97 Å². The van der Waals surface area contributed by atoms with Crippen LogP contribution in [0.25, 0.3) is 20.3 Å². The monoisotopic (exact) mass is 485 g/mol. The number of benzene rings is 2. The molecule has 32 heavy (non-hydrogen) atoms. The van der Waals surface area contributed by atoms with Crippen molar-refractivity contribution in [2.24, 2.45) is 0 Å². The van der Waals surface area contributed by atoms with Crippen molar-refractivity contribution in [2.75, 3.05) is 18.4 Å². The zero-order valence-corrected chi connectivity index (χ0v) is 19.4. The molecule has 0 radical (unpaired) electrons. The molecule has 4 aromatic rings. The van der Waals surface area contributed by atoms with Crippen LogP contribution in [-0.2, 0) is 11.2 Å². The van der Waals surface area contributed by atoms with E-state index >= 15 is 0 Å². The van der Waals surface area contributed by atoms with Crippen LogP contribution >= 0.6 is 34.3 Å². The zero-order valence-electron chi connectivity index (χ0n) is 17.0. The molecular formula is C23H20ClN3O3S2. The molecule has 2 N–H and O–H groups in total. The van der Waals surface area contributed by atoms with Gasteiger partial charge in [0.05, 0.1) is 16.8 Å². The van der Waals surface area contributed by atoms with Gasteiger partial charge in [0, 0.05) is 15.8 Å². The van der Waals surface area contributed by atoms with E-state index in [1.54, 1.807) is 6.07 Å². The van der Waals surface area contributed by atoms with Crippen molar-refractivity contribution in [2.45, 2.75) is 25.3 Å². The van der Waals surface area contributed by atoms with Crippen molar-refractivity contribution < 1.29 is 14.7 Å². The number of carboxylic acid groups (broad SMARTS) is 1. The van der Waals surface area contributed by atoms with Gasteiger partial charge in [-0.05, 0) is 61.0 Å². The number of carboxylic acids is 1. The minimum absolute atomic E-state index is 0.115. The second-order valence-electron chi connectivity index (χ2n) is 7.86. The fourth-order valence-corrected chi connectivity index (χ4v) is 6.57. The fraction of sp³-hybridized carbons (Fsp3) is 0.261. The highest BCUT2D eigenvalue weighted by Crippen LogP contribution is 2.34. The quantitative estimate of drug-likeness (QED) is 0.376. The Balaban J connectivity index is 1.31. The van der Waals surface area contributed by atoms with Crippen molar-refractivity contribution in [3.05, 3.63) is 57.9 Å². The van der Waals surface area contributed by atoms with Crippen molar-refractivity contribution >= 4 is 71.6 Å². The topological polar surface area (TPSA) is 82.5 Å². The predicted octanol–water partition coefficient (Wildman–Crippen LogP) is 5.51. The molecule has 1 aliphatic rings. The third kappa shape index (κ3) is 4.23. The standard InChI is InChI=1S/C23H20ClN3O3S2/c24-13-7-8-17-19(10-13)32-23(25-17)26-20(28)12-27-9-3-4-14(27)11-16-15-5-1-2-6-18(15)31-21(16)22(29)30/h1-2,5-8,10,14H,3-4,9,11-12H2,(H,29,30)(H,25,26,28).